The molecule has 0 amide bonds. The number of hydrogen-bond acceptors (Lipinski definition) is 4. The van der Waals surface area contributed by atoms with Crippen molar-refractivity contribution in [2.45, 2.75) is 105 Å². The Morgan fingerprint density at radius 3 is 2.31 bits per heavy atom. The summed E-state index contributed by atoms with van der Waals surface area (Å²) in [6, 6.07) is 0. The minimum absolute atomic E-state index is 0.0116. The van der Waals surface area contributed by atoms with Gasteiger partial charge in [0.1, 0.15) is 5.40 Å². The number of nitrogens with zero attached hydrogens (tertiary/aromatic N) is 1. The number of hydrogen-bond donors (Lipinski definition) is 1. The lowest BCUT2D eigenvalue weighted by atomic mass is 9.32. The first kappa shape index (κ1) is 26.3. The van der Waals surface area contributed by atoms with E-state index in [1.165, 1.54) is 17.3 Å². The molecule has 1 N–H and O–H groups in total. The maximum atomic E-state index is 13.5. The average molecular weight is 512 g/mol. The molecule has 36 heavy (non-hydrogen) atoms. The van der Waals surface area contributed by atoms with Gasteiger partial charge in [-0.05, 0) is 122 Å². The van der Waals surface area contributed by atoms with Gasteiger partial charge in [0, 0.05) is 5.41 Å². The smallest absolute Gasteiger partial charge is 0.309 e. The Balaban J connectivity index is 1.58. The standard InChI is InChI=1S/C31H45NO3S/c1-18(2)19-10-13-31(26(34)35)15-14-29(6)20(24(19)31)8-9-23-28(5)16-21(36-17-32)25(33)27(3,4)22(28)11-12-30(23,29)7/h19-24H,1,8-16H2,2-7H3,(H,34,35)/t19-,20+,21?,22-,23+,24+,28-,29+,30+,31-/m0/s1. The molecule has 1 unspecified atom stereocenters. The third kappa shape index (κ3) is 3.06. The molecule has 10 atom stereocenters. The first-order valence-corrected chi connectivity index (χ1v) is 15.1. The van der Waals surface area contributed by atoms with Crippen molar-refractivity contribution < 1.29 is 14.7 Å². The fourth-order valence-corrected chi connectivity index (χ4v) is 12.6. The highest BCUT2D eigenvalue weighted by atomic mass is 32.2. The lowest BCUT2D eigenvalue weighted by Crippen LogP contribution is -2.67. The third-order valence-corrected chi connectivity index (χ3v) is 14.1. The molecular formula is C31H45NO3S. The van der Waals surface area contributed by atoms with Crippen molar-refractivity contribution in [1.29, 1.82) is 5.26 Å². The molecule has 5 aliphatic carbocycles. The Morgan fingerprint density at radius 1 is 1.00 bits per heavy atom. The van der Waals surface area contributed by atoms with Gasteiger partial charge in [-0.25, -0.2) is 0 Å². The minimum Gasteiger partial charge on any atom is -0.481 e. The molecule has 5 fully saturated rings. The largest absolute Gasteiger partial charge is 0.481 e. The highest BCUT2D eigenvalue weighted by Crippen LogP contribution is 2.77. The van der Waals surface area contributed by atoms with Gasteiger partial charge in [-0.2, -0.15) is 5.26 Å². The number of carbonyl (C=O) groups excluding carboxylic acids is 1. The number of Topliss-reactive ketones (excluding diaryl/α,β-unsaturated/α-hetero) is 1. The van der Waals surface area contributed by atoms with Crippen molar-refractivity contribution >= 4 is 23.5 Å². The second kappa shape index (κ2) is 8.11. The number of nitriles is 1. The summed E-state index contributed by atoms with van der Waals surface area (Å²) in [4.78, 5) is 26.3. The third-order valence-electron chi connectivity index (χ3n) is 13.4. The van der Waals surface area contributed by atoms with Gasteiger partial charge in [0.05, 0.1) is 10.7 Å². The van der Waals surface area contributed by atoms with Gasteiger partial charge in [-0.3, -0.25) is 9.59 Å². The van der Waals surface area contributed by atoms with Crippen LogP contribution in [0.3, 0.4) is 0 Å². The lowest BCUT2D eigenvalue weighted by molar-refractivity contribution is -0.234. The highest BCUT2D eigenvalue weighted by molar-refractivity contribution is 8.05. The van der Waals surface area contributed by atoms with Gasteiger partial charge in [-0.1, -0.05) is 46.8 Å². The molecule has 0 heterocycles. The number of fused-ring (bicyclic) bond motifs is 7. The van der Waals surface area contributed by atoms with Crippen molar-refractivity contribution in [3.05, 3.63) is 12.2 Å². The molecule has 0 saturated heterocycles. The van der Waals surface area contributed by atoms with Crippen molar-refractivity contribution in [2.75, 3.05) is 0 Å². The summed E-state index contributed by atoms with van der Waals surface area (Å²) in [5.74, 6) is 1.39. The maximum Gasteiger partial charge on any atom is 0.309 e. The minimum atomic E-state index is -0.591. The Bertz CT molecular complexity index is 1040. The van der Waals surface area contributed by atoms with Gasteiger partial charge < -0.3 is 5.11 Å². The lowest BCUT2D eigenvalue weighted by Gasteiger charge is -2.72. The SMILES string of the molecule is C=C(C)[C@@H]1CC[C@]2(C(=O)O)CC[C@]3(C)[C@H](CC[C@@H]4[C@@]5(C)CC(SC#N)C(=O)C(C)(C)[C@@H]5CC[C@]43C)[C@@H]12. The van der Waals surface area contributed by atoms with Crippen LogP contribution in [0.25, 0.3) is 0 Å². The summed E-state index contributed by atoms with van der Waals surface area (Å²) >= 11 is 1.18. The second-order valence-electron chi connectivity index (χ2n) is 14.6. The van der Waals surface area contributed by atoms with E-state index >= 15 is 0 Å². The predicted octanol–water partition coefficient (Wildman–Crippen LogP) is 7.49. The summed E-state index contributed by atoms with van der Waals surface area (Å²) in [5, 5.41) is 22.0. The topological polar surface area (TPSA) is 78.2 Å². The fourth-order valence-electron chi connectivity index (χ4n) is 11.6. The van der Waals surface area contributed by atoms with Crippen LogP contribution in [0.15, 0.2) is 12.2 Å². The van der Waals surface area contributed by atoms with E-state index in [0.29, 0.717) is 23.7 Å². The average Bonchev–Trinajstić information content (AvgIpc) is 3.19. The molecule has 0 aromatic heterocycles. The maximum absolute atomic E-state index is 13.5. The van der Waals surface area contributed by atoms with Gasteiger partial charge in [0.15, 0.2) is 5.78 Å². The zero-order valence-corrected chi connectivity index (χ0v) is 24.0. The molecular weight excluding hydrogens is 466 g/mol. The van der Waals surface area contributed by atoms with Crippen LogP contribution in [0.4, 0.5) is 0 Å². The molecule has 5 aliphatic rings. The van der Waals surface area contributed by atoms with E-state index in [1.807, 2.05) is 0 Å². The monoisotopic (exact) mass is 511 g/mol. The molecule has 5 heteroatoms. The molecule has 5 rings (SSSR count). The number of carboxylic acid groups (broad SMARTS) is 1. The van der Waals surface area contributed by atoms with Gasteiger partial charge in [0.2, 0.25) is 0 Å². The number of carboxylic acids is 1. The van der Waals surface area contributed by atoms with Crippen LogP contribution in [0.2, 0.25) is 0 Å². The van der Waals surface area contributed by atoms with Crippen LogP contribution in [0.1, 0.15) is 99.3 Å². The van der Waals surface area contributed by atoms with Crippen LogP contribution in [-0.2, 0) is 9.59 Å². The van der Waals surface area contributed by atoms with Crippen LogP contribution in [-0.4, -0.2) is 22.1 Å². The Kier molecular flexibility index (Phi) is 5.93. The molecule has 0 aromatic carbocycles. The van der Waals surface area contributed by atoms with E-state index < -0.39 is 16.8 Å². The van der Waals surface area contributed by atoms with Crippen molar-refractivity contribution in [3.63, 3.8) is 0 Å². The molecule has 198 valence electrons. The van der Waals surface area contributed by atoms with E-state index in [2.05, 4.69) is 53.5 Å². The van der Waals surface area contributed by atoms with E-state index in [9.17, 15) is 20.0 Å². The summed E-state index contributed by atoms with van der Waals surface area (Å²) < 4.78 is 0. The molecule has 0 aliphatic heterocycles. The van der Waals surface area contributed by atoms with E-state index in [0.717, 1.165) is 57.8 Å². The summed E-state index contributed by atoms with van der Waals surface area (Å²) in [7, 11) is 0. The highest BCUT2D eigenvalue weighted by Gasteiger charge is 2.72. The molecule has 0 spiro atoms. The zero-order chi connectivity index (χ0) is 26.5. The Labute approximate surface area is 222 Å². The van der Waals surface area contributed by atoms with Gasteiger partial charge in [0.25, 0.3) is 0 Å². The van der Waals surface area contributed by atoms with Crippen LogP contribution in [0.5, 0.6) is 0 Å². The second-order valence-corrected chi connectivity index (χ2v) is 15.6. The van der Waals surface area contributed by atoms with Crippen molar-refractivity contribution in [2.24, 2.45) is 56.7 Å². The van der Waals surface area contributed by atoms with E-state index in [-0.39, 0.29) is 33.2 Å². The Morgan fingerprint density at radius 2 is 1.69 bits per heavy atom. The quantitative estimate of drug-likeness (QED) is 0.314. The Hall–Kier alpha value is -1.28. The number of allylic oxidation sites excluding steroid dienone is 1. The number of aliphatic carboxylic acids is 1. The number of thiocyanates is 1. The van der Waals surface area contributed by atoms with Crippen LogP contribution < -0.4 is 0 Å². The van der Waals surface area contributed by atoms with E-state index in [1.54, 1.807) is 0 Å². The van der Waals surface area contributed by atoms with Crippen LogP contribution in [0, 0.1) is 67.3 Å². The molecule has 0 bridgehead atoms. The first-order valence-electron chi connectivity index (χ1n) is 14.2. The molecule has 5 saturated carbocycles. The van der Waals surface area contributed by atoms with Gasteiger partial charge in [-0.15, -0.1) is 0 Å². The normalized spacial score (nSPS) is 51.2. The molecule has 4 nitrogen and oxygen atoms in total. The molecule has 0 aromatic rings. The zero-order valence-electron chi connectivity index (χ0n) is 23.2. The number of carbonyl (C=O) groups is 2. The number of ketones is 1. The van der Waals surface area contributed by atoms with Crippen LogP contribution >= 0.6 is 11.8 Å². The summed E-state index contributed by atoms with van der Waals surface area (Å²) in [6.45, 7) is 18.2. The van der Waals surface area contributed by atoms with E-state index in [4.69, 9.17) is 0 Å². The predicted molar refractivity (Wildman–Crippen MR) is 144 cm³/mol. The molecule has 0 radical (unpaired) electrons. The first-order chi connectivity index (χ1) is 16.7. The summed E-state index contributed by atoms with van der Waals surface area (Å²) in [6.07, 6.45) is 8.66. The number of thioether (sulfide) groups is 1. The number of rotatable bonds is 3. The summed E-state index contributed by atoms with van der Waals surface area (Å²) in [5.41, 5.74) is 0.354. The fraction of sp³-hybridized carbons (Fsp3) is 0.839. The van der Waals surface area contributed by atoms with Gasteiger partial charge >= 0.3 is 5.97 Å². The van der Waals surface area contributed by atoms with Crippen molar-refractivity contribution in [3.8, 4) is 5.40 Å². The van der Waals surface area contributed by atoms with Crippen molar-refractivity contribution in [1.82, 2.24) is 0 Å².